The molecule has 1 unspecified atom stereocenters. The molecule has 1 atom stereocenters. The Balaban J connectivity index is 2.24. The number of nitrogens with one attached hydrogen (secondary N) is 1. The zero-order valence-corrected chi connectivity index (χ0v) is 12.9. The van der Waals surface area contributed by atoms with Crippen molar-refractivity contribution in [3.05, 3.63) is 35.9 Å². The van der Waals surface area contributed by atoms with Gasteiger partial charge in [-0.3, -0.25) is 5.32 Å². The molecule has 0 aliphatic heterocycles. The highest BCUT2D eigenvalue weighted by molar-refractivity contribution is 5.82. The Hall–Kier alpha value is -1.39. The summed E-state index contributed by atoms with van der Waals surface area (Å²) >= 11 is 0. The molecule has 2 rings (SSSR count). The maximum Gasteiger partial charge on any atom is 0.333 e. The van der Waals surface area contributed by atoms with Crippen molar-refractivity contribution in [2.45, 2.75) is 44.2 Å². The van der Waals surface area contributed by atoms with Crippen LogP contribution in [0.5, 0.6) is 0 Å². The molecular weight excluding hydrogens is 266 g/mol. The number of methoxy groups -OCH3 is 1. The van der Waals surface area contributed by atoms with E-state index in [1.54, 1.807) is 0 Å². The van der Waals surface area contributed by atoms with Crippen LogP contribution in [0.3, 0.4) is 0 Å². The summed E-state index contributed by atoms with van der Waals surface area (Å²) in [6.07, 6.45) is 4.60. The predicted molar refractivity (Wildman–Crippen MR) is 82.0 cm³/mol. The second kappa shape index (κ2) is 7.57. The summed E-state index contributed by atoms with van der Waals surface area (Å²) in [6, 6.07) is 9.71. The third kappa shape index (κ3) is 3.63. The van der Waals surface area contributed by atoms with E-state index in [1.165, 1.54) is 13.5 Å². The van der Waals surface area contributed by atoms with E-state index in [-0.39, 0.29) is 12.1 Å². The molecule has 0 spiro atoms. The van der Waals surface area contributed by atoms with Gasteiger partial charge in [-0.1, -0.05) is 37.3 Å². The summed E-state index contributed by atoms with van der Waals surface area (Å²) in [7, 11) is 1.43. The van der Waals surface area contributed by atoms with E-state index in [4.69, 9.17) is 9.47 Å². The largest absolute Gasteiger partial charge is 0.467 e. The molecule has 0 aromatic heterocycles. The highest BCUT2D eigenvalue weighted by Gasteiger charge is 2.42. The zero-order chi connectivity index (χ0) is 15.1. The van der Waals surface area contributed by atoms with Gasteiger partial charge in [-0.05, 0) is 37.8 Å². The molecule has 1 aromatic carbocycles. The number of hydrogen-bond donors (Lipinski definition) is 1. The number of carbonyl (C=O) groups excluding carboxylic acids is 1. The van der Waals surface area contributed by atoms with Gasteiger partial charge in [0.1, 0.15) is 0 Å². The molecule has 1 fully saturated rings. The Morgan fingerprint density at radius 1 is 1.33 bits per heavy atom. The zero-order valence-electron chi connectivity index (χ0n) is 12.9. The van der Waals surface area contributed by atoms with Gasteiger partial charge in [0.25, 0.3) is 0 Å². The van der Waals surface area contributed by atoms with Crippen LogP contribution < -0.4 is 5.32 Å². The first-order valence-electron chi connectivity index (χ1n) is 7.73. The van der Waals surface area contributed by atoms with Crippen LogP contribution in [-0.2, 0) is 19.8 Å². The Kier molecular flexibility index (Phi) is 5.76. The van der Waals surface area contributed by atoms with E-state index >= 15 is 0 Å². The van der Waals surface area contributed by atoms with Gasteiger partial charge in [0.05, 0.1) is 19.8 Å². The van der Waals surface area contributed by atoms with Gasteiger partial charge in [0, 0.05) is 0 Å². The van der Waals surface area contributed by atoms with Crippen molar-refractivity contribution in [3.8, 4) is 0 Å². The van der Waals surface area contributed by atoms with Gasteiger partial charge in [0.2, 0.25) is 0 Å². The van der Waals surface area contributed by atoms with Crippen LogP contribution in [0.15, 0.2) is 30.3 Å². The third-order valence-corrected chi connectivity index (χ3v) is 4.06. The molecule has 0 heterocycles. The molecule has 0 radical (unpaired) electrons. The molecule has 0 saturated heterocycles. The fourth-order valence-electron chi connectivity index (χ4n) is 2.50. The summed E-state index contributed by atoms with van der Waals surface area (Å²) in [5.41, 5.74) is -0.0219. The first-order chi connectivity index (χ1) is 10.2. The Labute approximate surface area is 126 Å². The van der Waals surface area contributed by atoms with Crippen LogP contribution in [0.1, 0.15) is 38.2 Å². The van der Waals surface area contributed by atoms with Crippen LogP contribution >= 0.6 is 0 Å². The first-order valence-corrected chi connectivity index (χ1v) is 7.73. The highest BCUT2D eigenvalue weighted by atomic mass is 16.5. The fourth-order valence-corrected chi connectivity index (χ4v) is 2.50. The van der Waals surface area contributed by atoms with Crippen LogP contribution in [0.2, 0.25) is 0 Å². The number of esters is 1. The van der Waals surface area contributed by atoms with Crippen molar-refractivity contribution in [1.82, 2.24) is 5.32 Å². The molecule has 1 saturated carbocycles. The Bertz CT molecular complexity index is 445. The summed E-state index contributed by atoms with van der Waals surface area (Å²) in [6.45, 7) is 3.12. The number of carbonyl (C=O) groups is 1. The molecule has 4 nitrogen and oxygen atoms in total. The average molecular weight is 291 g/mol. The average Bonchev–Trinajstić information content (AvgIpc) is 2.49. The van der Waals surface area contributed by atoms with Crippen LogP contribution in [0.4, 0.5) is 0 Å². The number of benzene rings is 1. The lowest BCUT2D eigenvalue weighted by Crippen LogP contribution is -2.54. The number of ether oxygens (including phenoxy) is 2. The molecule has 21 heavy (non-hydrogen) atoms. The minimum absolute atomic E-state index is 0.279. The topological polar surface area (TPSA) is 47.6 Å². The van der Waals surface area contributed by atoms with Crippen molar-refractivity contribution in [2.75, 3.05) is 20.3 Å². The van der Waals surface area contributed by atoms with E-state index in [0.29, 0.717) is 6.61 Å². The smallest absolute Gasteiger partial charge is 0.333 e. The quantitative estimate of drug-likeness (QED) is 0.748. The van der Waals surface area contributed by atoms with Gasteiger partial charge in [-0.25, -0.2) is 4.79 Å². The number of rotatable bonds is 8. The Morgan fingerprint density at radius 3 is 2.57 bits per heavy atom. The van der Waals surface area contributed by atoms with Gasteiger partial charge >= 0.3 is 5.97 Å². The molecule has 1 N–H and O–H groups in total. The minimum Gasteiger partial charge on any atom is -0.467 e. The van der Waals surface area contributed by atoms with E-state index in [0.717, 1.165) is 31.4 Å². The maximum atomic E-state index is 12.5. The molecule has 1 aromatic rings. The highest BCUT2D eigenvalue weighted by Crippen LogP contribution is 2.28. The van der Waals surface area contributed by atoms with Gasteiger partial charge in [-0.15, -0.1) is 0 Å². The van der Waals surface area contributed by atoms with Crippen molar-refractivity contribution in [1.29, 1.82) is 0 Å². The third-order valence-electron chi connectivity index (χ3n) is 4.06. The van der Waals surface area contributed by atoms with E-state index < -0.39 is 5.54 Å². The standard InChI is InChI=1S/C17H25NO3/c1-3-12-18-17(16(19)20-2,13-21-15-10-7-11-15)14-8-5-4-6-9-14/h4-6,8-9,15,18H,3,7,10-13H2,1-2H3. The first kappa shape index (κ1) is 16.0. The van der Waals surface area contributed by atoms with Gasteiger partial charge < -0.3 is 9.47 Å². The predicted octanol–water partition coefficient (Wildman–Crippen LogP) is 2.62. The SMILES string of the molecule is CCCNC(COC1CCC1)(C(=O)OC)c1ccccc1. The van der Waals surface area contributed by atoms with Gasteiger partial charge in [0.15, 0.2) is 5.54 Å². The molecule has 1 aliphatic rings. The van der Waals surface area contributed by atoms with Crippen molar-refractivity contribution in [2.24, 2.45) is 0 Å². The van der Waals surface area contributed by atoms with Crippen molar-refractivity contribution < 1.29 is 14.3 Å². The molecule has 0 bridgehead atoms. The van der Waals surface area contributed by atoms with E-state index in [1.807, 2.05) is 30.3 Å². The number of hydrogen-bond acceptors (Lipinski definition) is 4. The van der Waals surface area contributed by atoms with Gasteiger partial charge in [-0.2, -0.15) is 0 Å². The van der Waals surface area contributed by atoms with Crippen LogP contribution in [0.25, 0.3) is 0 Å². The molecule has 4 heteroatoms. The summed E-state index contributed by atoms with van der Waals surface area (Å²) < 4.78 is 11.0. The minimum atomic E-state index is -0.915. The summed E-state index contributed by atoms with van der Waals surface area (Å²) in [5.74, 6) is -0.290. The van der Waals surface area contributed by atoms with E-state index in [9.17, 15) is 4.79 Å². The lowest BCUT2D eigenvalue weighted by atomic mass is 9.89. The molecule has 0 amide bonds. The van der Waals surface area contributed by atoms with Crippen molar-refractivity contribution in [3.63, 3.8) is 0 Å². The lowest BCUT2D eigenvalue weighted by Gasteiger charge is -2.35. The molecular formula is C17H25NO3. The lowest BCUT2D eigenvalue weighted by molar-refractivity contribution is -0.154. The monoisotopic (exact) mass is 291 g/mol. The molecule has 1 aliphatic carbocycles. The summed E-state index contributed by atoms with van der Waals surface area (Å²) in [5, 5.41) is 3.35. The molecule has 116 valence electrons. The second-order valence-corrected chi connectivity index (χ2v) is 5.55. The fraction of sp³-hybridized carbons (Fsp3) is 0.588. The Morgan fingerprint density at radius 2 is 2.05 bits per heavy atom. The van der Waals surface area contributed by atoms with Crippen LogP contribution in [-0.4, -0.2) is 32.3 Å². The maximum absolute atomic E-state index is 12.5. The van der Waals surface area contributed by atoms with Crippen LogP contribution in [0, 0.1) is 0 Å². The normalized spacial score (nSPS) is 17.8. The summed E-state index contributed by atoms with van der Waals surface area (Å²) in [4.78, 5) is 12.5. The van der Waals surface area contributed by atoms with E-state index in [2.05, 4.69) is 12.2 Å². The second-order valence-electron chi connectivity index (χ2n) is 5.55. The van der Waals surface area contributed by atoms with Crippen molar-refractivity contribution >= 4 is 5.97 Å².